The molecule has 0 saturated heterocycles. The second-order valence-corrected chi connectivity index (χ2v) is 8.36. The standard InChI is InChI=1S/C18H22ClN3S/c19-16-4-2-1-3-15(16)11-20-22-17(23)21-18-8-12-5-13(9-18)7-14(6-12)10-18/h1-4,11-14H,5-10H2,(H2,21,22,23)/b20-11-. The van der Waals surface area contributed by atoms with E-state index < -0.39 is 0 Å². The summed E-state index contributed by atoms with van der Waals surface area (Å²) in [6, 6.07) is 7.64. The largest absolute Gasteiger partial charge is 0.356 e. The molecule has 4 fully saturated rings. The van der Waals surface area contributed by atoms with Crippen molar-refractivity contribution in [3.05, 3.63) is 34.9 Å². The van der Waals surface area contributed by atoms with Gasteiger partial charge in [0.2, 0.25) is 0 Å². The maximum atomic E-state index is 6.12. The van der Waals surface area contributed by atoms with Crippen molar-refractivity contribution in [3.8, 4) is 0 Å². The Balaban J connectivity index is 1.36. The van der Waals surface area contributed by atoms with Gasteiger partial charge in [-0.3, -0.25) is 5.43 Å². The third-order valence-electron chi connectivity index (χ3n) is 5.69. The second kappa shape index (κ2) is 6.06. The molecule has 0 heterocycles. The predicted molar refractivity (Wildman–Crippen MR) is 98.8 cm³/mol. The summed E-state index contributed by atoms with van der Waals surface area (Å²) in [4.78, 5) is 0. The summed E-state index contributed by atoms with van der Waals surface area (Å²) in [5.41, 5.74) is 4.07. The first-order valence-corrected chi connectivity index (χ1v) is 9.26. The topological polar surface area (TPSA) is 36.4 Å². The molecule has 0 unspecified atom stereocenters. The molecule has 1 aromatic carbocycles. The van der Waals surface area contributed by atoms with Gasteiger partial charge < -0.3 is 5.32 Å². The SMILES string of the molecule is S=C(N/N=C\c1ccccc1Cl)NC12CC3CC(CC(C3)C1)C2. The maximum Gasteiger partial charge on any atom is 0.187 e. The van der Waals surface area contributed by atoms with Crippen LogP contribution >= 0.6 is 23.8 Å². The van der Waals surface area contributed by atoms with Gasteiger partial charge in [0, 0.05) is 16.1 Å². The van der Waals surface area contributed by atoms with Crippen molar-refractivity contribution < 1.29 is 0 Å². The highest BCUT2D eigenvalue weighted by atomic mass is 35.5. The molecule has 0 atom stereocenters. The van der Waals surface area contributed by atoms with E-state index in [1.165, 1.54) is 38.5 Å². The molecular weight excluding hydrogens is 326 g/mol. The fraction of sp³-hybridized carbons (Fsp3) is 0.556. The Bertz CT molecular complexity index is 608. The van der Waals surface area contributed by atoms with Gasteiger partial charge in [-0.2, -0.15) is 5.10 Å². The van der Waals surface area contributed by atoms with Crippen molar-refractivity contribution >= 4 is 35.1 Å². The van der Waals surface area contributed by atoms with E-state index in [0.29, 0.717) is 10.1 Å². The van der Waals surface area contributed by atoms with Crippen molar-refractivity contribution in [1.29, 1.82) is 0 Å². The average Bonchev–Trinajstić information content (AvgIpc) is 2.47. The number of hydrogen-bond donors (Lipinski definition) is 2. The Labute approximate surface area is 147 Å². The Kier molecular flexibility index (Phi) is 4.06. The van der Waals surface area contributed by atoms with Crippen LogP contribution in [0.4, 0.5) is 0 Å². The van der Waals surface area contributed by atoms with Crippen molar-refractivity contribution in [3.63, 3.8) is 0 Å². The summed E-state index contributed by atoms with van der Waals surface area (Å²) in [5, 5.41) is 9.16. The first-order valence-electron chi connectivity index (χ1n) is 8.48. The number of hydrogen-bond acceptors (Lipinski definition) is 2. The molecule has 4 saturated carbocycles. The molecular formula is C18H22ClN3S. The molecule has 4 aliphatic carbocycles. The highest BCUT2D eigenvalue weighted by molar-refractivity contribution is 7.80. The van der Waals surface area contributed by atoms with E-state index >= 15 is 0 Å². The number of rotatable bonds is 3. The smallest absolute Gasteiger partial charge is 0.187 e. The van der Waals surface area contributed by atoms with Gasteiger partial charge in [0.05, 0.1) is 6.21 Å². The van der Waals surface area contributed by atoms with Gasteiger partial charge in [0.15, 0.2) is 5.11 Å². The Morgan fingerprint density at radius 1 is 1.13 bits per heavy atom. The quantitative estimate of drug-likeness (QED) is 0.491. The van der Waals surface area contributed by atoms with Crippen LogP contribution in [0.25, 0.3) is 0 Å². The van der Waals surface area contributed by atoms with E-state index in [-0.39, 0.29) is 5.54 Å². The van der Waals surface area contributed by atoms with Crippen molar-refractivity contribution in [1.82, 2.24) is 10.7 Å². The average molecular weight is 348 g/mol. The minimum absolute atomic E-state index is 0.221. The molecule has 0 radical (unpaired) electrons. The van der Waals surface area contributed by atoms with Gasteiger partial charge in [0.25, 0.3) is 0 Å². The molecule has 122 valence electrons. The molecule has 0 spiro atoms. The first-order chi connectivity index (χ1) is 11.1. The minimum atomic E-state index is 0.221. The van der Waals surface area contributed by atoms with Crippen LogP contribution in [-0.4, -0.2) is 16.9 Å². The predicted octanol–water partition coefficient (Wildman–Crippen LogP) is 4.11. The van der Waals surface area contributed by atoms with Crippen LogP contribution in [0.1, 0.15) is 44.1 Å². The van der Waals surface area contributed by atoms with Crippen LogP contribution in [0.2, 0.25) is 5.02 Å². The summed E-state index contributed by atoms with van der Waals surface area (Å²) in [5.74, 6) is 2.72. The second-order valence-electron chi connectivity index (χ2n) is 7.54. The van der Waals surface area contributed by atoms with Gasteiger partial charge >= 0.3 is 0 Å². The van der Waals surface area contributed by atoms with E-state index in [1.807, 2.05) is 24.3 Å². The molecule has 2 N–H and O–H groups in total. The lowest BCUT2D eigenvalue weighted by molar-refractivity contribution is -0.0101. The van der Waals surface area contributed by atoms with E-state index in [1.54, 1.807) is 6.21 Å². The zero-order valence-electron chi connectivity index (χ0n) is 13.1. The van der Waals surface area contributed by atoms with Gasteiger partial charge in [-0.1, -0.05) is 29.8 Å². The molecule has 0 aromatic heterocycles. The molecule has 4 bridgehead atoms. The minimum Gasteiger partial charge on any atom is -0.356 e. The maximum absolute atomic E-state index is 6.12. The van der Waals surface area contributed by atoms with Crippen LogP contribution < -0.4 is 10.7 Å². The monoisotopic (exact) mass is 347 g/mol. The summed E-state index contributed by atoms with van der Waals surface area (Å²) < 4.78 is 0. The van der Waals surface area contributed by atoms with Crippen molar-refractivity contribution in [2.75, 3.05) is 0 Å². The number of benzene rings is 1. The van der Waals surface area contributed by atoms with E-state index in [2.05, 4.69) is 15.8 Å². The summed E-state index contributed by atoms with van der Waals surface area (Å²) >= 11 is 11.6. The van der Waals surface area contributed by atoms with Gasteiger partial charge in [-0.15, -0.1) is 0 Å². The number of nitrogens with zero attached hydrogens (tertiary/aromatic N) is 1. The van der Waals surface area contributed by atoms with Crippen LogP contribution in [0.15, 0.2) is 29.4 Å². The van der Waals surface area contributed by atoms with Crippen molar-refractivity contribution in [2.45, 2.75) is 44.1 Å². The van der Waals surface area contributed by atoms with Crippen LogP contribution in [0.3, 0.4) is 0 Å². The zero-order chi connectivity index (χ0) is 15.9. The number of hydrazone groups is 1. The normalized spacial score (nSPS) is 34.7. The van der Waals surface area contributed by atoms with Crippen LogP contribution in [0.5, 0.6) is 0 Å². The van der Waals surface area contributed by atoms with Gasteiger partial charge in [0.1, 0.15) is 0 Å². The van der Waals surface area contributed by atoms with E-state index in [9.17, 15) is 0 Å². The molecule has 23 heavy (non-hydrogen) atoms. The third-order valence-corrected chi connectivity index (χ3v) is 6.23. The lowest BCUT2D eigenvalue weighted by Gasteiger charge is -2.57. The number of thiocarbonyl (C=S) groups is 1. The molecule has 0 aliphatic heterocycles. The summed E-state index contributed by atoms with van der Waals surface area (Å²) in [7, 11) is 0. The van der Waals surface area contributed by atoms with Gasteiger partial charge in [-0.25, -0.2) is 0 Å². The van der Waals surface area contributed by atoms with E-state index in [4.69, 9.17) is 23.8 Å². The van der Waals surface area contributed by atoms with Gasteiger partial charge in [-0.05, 0) is 74.6 Å². The third kappa shape index (κ3) is 3.24. The van der Waals surface area contributed by atoms with E-state index in [0.717, 1.165) is 23.3 Å². The number of halogens is 1. The van der Waals surface area contributed by atoms with Crippen LogP contribution in [-0.2, 0) is 0 Å². The highest BCUT2D eigenvalue weighted by Gasteiger charge is 2.51. The highest BCUT2D eigenvalue weighted by Crippen LogP contribution is 2.55. The lowest BCUT2D eigenvalue weighted by atomic mass is 9.53. The first kappa shape index (κ1) is 15.4. The molecule has 4 aliphatic rings. The Morgan fingerprint density at radius 3 is 2.35 bits per heavy atom. The fourth-order valence-electron chi connectivity index (χ4n) is 5.27. The summed E-state index contributed by atoms with van der Waals surface area (Å²) in [6.45, 7) is 0. The molecule has 1 aromatic rings. The molecule has 3 nitrogen and oxygen atoms in total. The Hall–Kier alpha value is -1.13. The summed E-state index contributed by atoms with van der Waals surface area (Å²) in [6.07, 6.45) is 9.85. The lowest BCUT2D eigenvalue weighted by Crippen LogP contribution is -2.61. The Morgan fingerprint density at radius 2 is 1.74 bits per heavy atom. The number of nitrogens with one attached hydrogen (secondary N) is 2. The fourth-order valence-corrected chi connectivity index (χ4v) is 5.73. The molecule has 5 rings (SSSR count). The van der Waals surface area contributed by atoms with Crippen LogP contribution in [0, 0.1) is 17.8 Å². The van der Waals surface area contributed by atoms with Crippen molar-refractivity contribution in [2.24, 2.45) is 22.9 Å². The molecule has 0 amide bonds. The molecule has 5 heteroatoms. The zero-order valence-corrected chi connectivity index (χ0v) is 14.7.